The molecule has 4 aliphatic carbocycles. The first kappa shape index (κ1) is 19.9. The first-order valence-electron chi connectivity index (χ1n) is 10.5. The molecule has 6 rings (SSSR count). The molecule has 0 spiro atoms. The zero-order valence-electron chi connectivity index (χ0n) is 16.7. The lowest BCUT2D eigenvalue weighted by Gasteiger charge is -2.59. The largest absolute Gasteiger partial charge is 0.352 e. The number of hydrogen-bond donors (Lipinski definition) is 3. The fraction of sp³-hybridized carbons (Fsp3) is 0.619. The molecule has 0 aromatic carbocycles. The van der Waals surface area contributed by atoms with Crippen LogP contribution in [0.4, 0.5) is 0 Å². The average molecular weight is 445 g/mol. The van der Waals surface area contributed by atoms with Crippen molar-refractivity contribution in [1.82, 2.24) is 15.3 Å². The number of nitriles is 1. The van der Waals surface area contributed by atoms with E-state index in [1.165, 1.54) is 50.3 Å². The van der Waals surface area contributed by atoms with E-state index in [2.05, 4.69) is 28.3 Å². The maximum absolute atomic E-state index is 12.7. The lowest BCUT2D eigenvalue weighted by atomic mass is 9.48. The number of thioether (sulfide) groups is 1. The normalized spacial score (nSPS) is 30.3. The van der Waals surface area contributed by atoms with Crippen molar-refractivity contribution < 1.29 is 4.79 Å². The molecule has 9 heteroatoms. The minimum absolute atomic E-state index is 0.0491. The first-order chi connectivity index (χ1) is 14.4. The van der Waals surface area contributed by atoms with Gasteiger partial charge in [0, 0.05) is 6.04 Å². The molecule has 4 saturated carbocycles. The van der Waals surface area contributed by atoms with Crippen LogP contribution < -0.4 is 16.6 Å². The molecule has 0 aliphatic heterocycles. The smallest absolute Gasteiger partial charge is 0.326 e. The Bertz CT molecular complexity index is 1140. The summed E-state index contributed by atoms with van der Waals surface area (Å²) in [5, 5.41) is 12.7. The number of rotatable bonds is 5. The fourth-order valence-corrected chi connectivity index (χ4v) is 8.61. The van der Waals surface area contributed by atoms with Crippen molar-refractivity contribution in [3.05, 3.63) is 26.4 Å². The lowest BCUT2D eigenvalue weighted by Crippen LogP contribution is -2.56. The summed E-state index contributed by atoms with van der Waals surface area (Å²) in [7, 11) is 0. The minimum Gasteiger partial charge on any atom is -0.352 e. The molecule has 0 saturated heterocycles. The summed E-state index contributed by atoms with van der Waals surface area (Å²) in [4.78, 5) is 41.0. The molecule has 4 fully saturated rings. The van der Waals surface area contributed by atoms with Gasteiger partial charge in [-0.15, -0.1) is 23.1 Å². The second-order valence-electron chi connectivity index (χ2n) is 9.35. The third-order valence-corrected chi connectivity index (χ3v) is 9.84. The number of H-pyrrole nitrogens is 2. The SMILES string of the molecule is C[C@@H](NC(=O)CSc1sc2c(=O)[nH]c(=O)[nH]c2c1C#N)C12CC3CC(CC(C3)C1)C2. The van der Waals surface area contributed by atoms with E-state index in [-0.39, 0.29) is 34.2 Å². The topological polar surface area (TPSA) is 119 Å². The van der Waals surface area contributed by atoms with Crippen molar-refractivity contribution in [3.8, 4) is 6.07 Å². The molecule has 2 aromatic heterocycles. The Morgan fingerprint density at radius 3 is 2.47 bits per heavy atom. The number of carbonyl (C=O) groups is 1. The van der Waals surface area contributed by atoms with Gasteiger partial charge in [-0.3, -0.25) is 14.6 Å². The summed E-state index contributed by atoms with van der Waals surface area (Å²) in [6.07, 6.45) is 7.83. The molecule has 4 aliphatic rings. The van der Waals surface area contributed by atoms with Gasteiger partial charge in [-0.25, -0.2) is 4.79 Å². The van der Waals surface area contributed by atoms with Crippen molar-refractivity contribution in [2.24, 2.45) is 23.2 Å². The summed E-state index contributed by atoms with van der Waals surface area (Å²) in [6.45, 7) is 2.15. The van der Waals surface area contributed by atoms with Crippen LogP contribution in [0.2, 0.25) is 0 Å². The molecule has 158 valence electrons. The predicted molar refractivity (Wildman–Crippen MR) is 117 cm³/mol. The molecule has 0 unspecified atom stereocenters. The number of hydrogen-bond acceptors (Lipinski definition) is 6. The zero-order chi connectivity index (χ0) is 21.0. The molecular weight excluding hydrogens is 420 g/mol. The zero-order valence-corrected chi connectivity index (χ0v) is 18.4. The Morgan fingerprint density at radius 2 is 1.87 bits per heavy atom. The number of aromatic nitrogens is 2. The molecule has 30 heavy (non-hydrogen) atoms. The van der Waals surface area contributed by atoms with Crippen LogP contribution in [0.1, 0.15) is 51.0 Å². The highest BCUT2D eigenvalue weighted by atomic mass is 32.2. The van der Waals surface area contributed by atoms with E-state index in [9.17, 15) is 19.6 Å². The number of carbonyl (C=O) groups excluding carboxylic acids is 1. The lowest BCUT2D eigenvalue weighted by molar-refractivity contribution is -0.123. The van der Waals surface area contributed by atoms with Gasteiger partial charge in [0.15, 0.2) is 0 Å². The highest BCUT2D eigenvalue weighted by Gasteiger charge is 2.53. The van der Waals surface area contributed by atoms with E-state index >= 15 is 0 Å². The van der Waals surface area contributed by atoms with Crippen molar-refractivity contribution >= 4 is 39.2 Å². The second-order valence-corrected chi connectivity index (χ2v) is 11.6. The Morgan fingerprint density at radius 1 is 1.23 bits per heavy atom. The summed E-state index contributed by atoms with van der Waals surface area (Å²) < 4.78 is 0.883. The van der Waals surface area contributed by atoms with E-state index in [0.717, 1.165) is 29.1 Å². The predicted octanol–water partition coefficient (Wildman–Crippen LogP) is 2.96. The third-order valence-electron chi connectivity index (χ3n) is 7.38. The standard InChI is InChI=1S/C21H24N4O3S2/c1-10(21-5-11-2-12(6-21)4-13(3-11)7-21)23-15(26)9-29-19-14(8-22)16-17(30-19)18(27)25-20(28)24-16/h10-13H,2-7,9H2,1H3,(H,23,26)(H2,24,25,27,28)/t10-,11?,12?,13?,21?/m1/s1. The highest BCUT2D eigenvalue weighted by Crippen LogP contribution is 2.61. The van der Waals surface area contributed by atoms with Crippen LogP contribution in [0.25, 0.3) is 10.2 Å². The number of amides is 1. The van der Waals surface area contributed by atoms with Gasteiger partial charge in [-0.05, 0) is 68.6 Å². The number of aromatic amines is 2. The Hall–Kier alpha value is -2.05. The quantitative estimate of drug-likeness (QED) is 0.613. The number of nitrogens with zero attached hydrogens (tertiary/aromatic N) is 1. The molecule has 0 radical (unpaired) electrons. The van der Waals surface area contributed by atoms with Crippen LogP contribution in [-0.4, -0.2) is 27.7 Å². The van der Waals surface area contributed by atoms with Crippen LogP contribution in [-0.2, 0) is 4.79 Å². The fourth-order valence-electron chi connectivity index (χ4n) is 6.47. The molecule has 1 atom stereocenters. The minimum atomic E-state index is -0.638. The van der Waals surface area contributed by atoms with Gasteiger partial charge >= 0.3 is 5.69 Å². The number of nitrogens with one attached hydrogen (secondary N) is 3. The second kappa shape index (κ2) is 7.27. The molecule has 7 nitrogen and oxygen atoms in total. The van der Waals surface area contributed by atoms with E-state index in [1.54, 1.807) is 0 Å². The molecule has 4 bridgehead atoms. The van der Waals surface area contributed by atoms with Crippen LogP contribution in [0, 0.1) is 34.5 Å². The van der Waals surface area contributed by atoms with Gasteiger partial charge in [0.25, 0.3) is 5.56 Å². The van der Waals surface area contributed by atoms with Crippen LogP contribution in [0.15, 0.2) is 13.8 Å². The van der Waals surface area contributed by atoms with Crippen molar-refractivity contribution in [3.63, 3.8) is 0 Å². The number of thiophene rings is 1. The van der Waals surface area contributed by atoms with Crippen LogP contribution in [0.5, 0.6) is 0 Å². The maximum Gasteiger partial charge on any atom is 0.326 e. The Labute approximate surface area is 181 Å². The average Bonchev–Trinajstić information content (AvgIpc) is 3.03. The highest BCUT2D eigenvalue weighted by molar-refractivity contribution is 8.02. The first-order valence-corrected chi connectivity index (χ1v) is 12.3. The third kappa shape index (κ3) is 3.30. The van der Waals surface area contributed by atoms with Crippen molar-refractivity contribution in [2.75, 3.05) is 5.75 Å². The maximum atomic E-state index is 12.7. The van der Waals surface area contributed by atoms with E-state index in [4.69, 9.17) is 0 Å². The summed E-state index contributed by atoms with van der Waals surface area (Å²) in [6, 6.07) is 2.21. The van der Waals surface area contributed by atoms with E-state index in [1.807, 2.05) is 0 Å². The van der Waals surface area contributed by atoms with Gasteiger partial charge in [-0.2, -0.15) is 5.26 Å². The molecule has 2 aromatic rings. The Balaban J connectivity index is 1.28. The van der Waals surface area contributed by atoms with Gasteiger partial charge in [0.2, 0.25) is 5.91 Å². The molecule has 2 heterocycles. The van der Waals surface area contributed by atoms with E-state index in [0.29, 0.717) is 8.91 Å². The van der Waals surface area contributed by atoms with Gasteiger partial charge in [0.1, 0.15) is 16.3 Å². The van der Waals surface area contributed by atoms with Crippen LogP contribution in [0.3, 0.4) is 0 Å². The molecule has 1 amide bonds. The summed E-state index contributed by atoms with van der Waals surface area (Å²) in [5.41, 5.74) is -0.397. The van der Waals surface area contributed by atoms with Gasteiger partial charge in [0.05, 0.1) is 15.5 Å². The molecular formula is C21H24N4O3S2. The Kier molecular flexibility index (Phi) is 4.82. The summed E-state index contributed by atoms with van der Waals surface area (Å²) in [5.74, 6) is 2.64. The van der Waals surface area contributed by atoms with Gasteiger partial charge < -0.3 is 10.3 Å². The van der Waals surface area contributed by atoms with Crippen molar-refractivity contribution in [1.29, 1.82) is 5.26 Å². The molecule has 3 N–H and O–H groups in total. The van der Waals surface area contributed by atoms with Gasteiger partial charge in [-0.1, -0.05) is 0 Å². The monoisotopic (exact) mass is 444 g/mol. The van der Waals surface area contributed by atoms with E-state index < -0.39 is 11.2 Å². The summed E-state index contributed by atoms with van der Waals surface area (Å²) >= 11 is 2.39. The van der Waals surface area contributed by atoms with Crippen molar-refractivity contribution in [2.45, 2.75) is 55.7 Å². The van der Waals surface area contributed by atoms with Crippen LogP contribution >= 0.6 is 23.1 Å². The number of fused-ring (bicyclic) bond motifs is 1.